The number of hydrogen-bond donors (Lipinski definition) is 1. The quantitative estimate of drug-likeness (QED) is 0.0211. The van der Waals surface area contributed by atoms with Gasteiger partial charge in [0.25, 0.3) is 6.29 Å². The second-order valence-corrected chi connectivity index (χ2v) is 26.3. The summed E-state index contributed by atoms with van der Waals surface area (Å²) in [5.41, 5.74) is 0. The van der Waals surface area contributed by atoms with Gasteiger partial charge in [0.2, 0.25) is 0 Å². The van der Waals surface area contributed by atoms with E-state index in [4.69, 9.17) is 18.9 Å². The summed E-state index contributed by atoms with van der Waals surface area (Å²) in [5.74, 6) is -2.00. The van der Waals surface area contributed by atoms with Crippen LogP contribution in [0.5, 0.6) is 0 Å². The maximum absolute atomic E-state index is 12.9. The average molecular weight is 1200 g/mol. The molecule has 0 spiro atoms. The molecule has 0 saturated heterocycles. The summed E-state index contributed by atoms with van der Waals surface area (Å²) in [6, 6.07) is 0. The number of hydrogen-bond acceptors (Lipinski definition) is 7. The first-order valence-electron chi connectivity index (χ1n) is 36.8. The highest BCUT2D eigenvalue weighted by Gasteiger charge is 2.25. The molecule has 85 heavy (non-hydrogen) atoms. The van der Waals surface area contributed by atoms with E-state index in [1.54, 1.807) is 0 Å². The number of allylic oxidation sites excluding steroid dienone is 8. The van der Waals surface area contributed by atoms with Crippen LogP contribution in [0.3, 0.4) is 0 Å². The van der Waals surface area contributed by atoms with Gasteiger partial charge in [-0.15, -0.1) is 0 Å². The lowest BCUT2D eigenvalue weighted by Crippen LogP contribution is -2.40. The molecule has 0 radical (unpaired) electrons. The lowest BCUT2D eigenvalue weighted by molar-refractivity contribution is -0.870. The van der Waals surface area contributed by atoms with Crippen molar-refractivity contribution in [3.63, 3.8) is 0 Å². The number of carboxylic acid groups (broad SMARTS) is 1. The smallest absolute Gasteiger partial charge is 0.361 e. The highest BCUT2D eigenvalue weighted by molar-refractivity contribution is 5.71. The number of aliphatic carboxylic acids is 1. The fourth-order valence-corrected chi connectivity index (χ4v) is 10.9. The summed E-state index contributed by atoms with van der Waals surface area (Å²) in [5, 5.41) is 9.73. The molecular weight excluding hydrogens is 1050 g/mol. The van der Waals surface area contributed by atoms with Crippen molar-refractivity contribution in [1.29, 1.82) is 0 Å². The zero-order chi connectivity index (χ0) is 61.9. The summed E-state index contributed by atoms with van der Waals surface area (Å²) in [6.45, 7) is 4.88. The number of esters is 2. The number of rotatable bonds is 69. The Morgan fingerprint density at radius 2 is 0.635 bits per heavy atom. The van der Waals surface area contributed by atoms with Gasteiger partial charge in [-0.05, 0) is 77.0 Å². The Balaban J connectivity index is 3.92. The van der Waals surface area contributed by atoms with E-state index in [2.05, 4.69) is 62.5 Å². The van der Waals surface area contributed by atoms with Crippen molar-refractivity contribution in [1.82, 2.24) is 0 Å². The molecule has 0 aromatic heterocycles. The third-order valence-electron chi connectivity index (χ3n) is 16.6. The van der Waals surface area contributed by atoms with E-state index in [-0.39, 0.29) is 32.2 Å². The molecule has 0 aliphatic carbocycles. The summed E-state index contributed by atoms with van der Waals surface area (Å²) in [4.78, 5) is 37.6. The van der Waals surface area contributed by atoms with Gasteiger partial charge in [0.15, 0.2) is 6.10 Å². The van der Waals surface area contributed by atoms with Gasteiger partial charge in [-0.2, -0.15) is 0 Å². The van der Waals surface area contributed by atoms with Gasteiger partial charge in [0.05, 0.1) is 34.4 Å². The molecule has 2 atom stereocenters. The first-order chi connectivity index (χ1) is 41.6. The van der Waals surface area contributed by atoms with E-state index in [1.165, 1.54) is 270 Å². The maximum atomic E-state index is 12.9. The van der Waals surface area contributed by atoms with Crippen molar-refractivity contribution in [2.24, 2.45) is 0 Å². The number of nitrogens with zero attached hydrogens (tertiary/aromatic N) is 1. The van der Waals surface area contributed by atoms with Gasteiger partial charge in [0.1, 0.15) is 13.2 Å². The fraction of sp³-hybridized carbons (Fsp3) is 0.855. The molecule has 0 bridgehead atoms. The van der Waals surface area contributed by atoms with Gasteiger partial charge in [-0.1, -0.05) is 319 Å². The minimum Gasteiger partial charge on any atom is -0.477 e. The van der Waals surface area contributed by atoms with E-state index >= 15 is 0 Å². The first-order valence-corrected chi connectivity index (χ1v) is 36.8. The topological polar surface area (TPSA) is 108 Å². The van der Waals surface area contributed by atoms with Crippen LogP contribution in [0.2, 0.25) is 0 Å². The molecule has 0 aliphatic rings. The predicted molar refractivity (Wildman–Crippen MR) is 364 cm³/mol. The average Bonchev–Trinajstić information content (AvgIpc) is 3.48. The molecule has 9 nitrogen and oxygen atoms in total. The molecular formula is C76H142NO8+. The molecule has 0 amide bonds. The van der Waals surface area contributed by atoms with Crippen LogP contribution >= 0.6 is 0 Å². The predicted octanol–water partition coefficient (Wildman–Crippen LogP) is 22.9. The molecule has 498 valence electrons. The van der Waals surface area contributed by atoms with Crippen molar-refractivity contribution in [2.75, 3.05) is 47.5 Å². The van der Waals surface area contributed by atoms with E-state index in [9.17, 15) is 19.5 Å². The fourth-order valence-electron chi connectivity index (χ4n) is 10.9. The normalized spacial score (nSPS) is 12.9. The summed E-state index contributed by atoms with van der Waals surface area (Å²) < 4.78 is 23.0. The highest BCUT2D eigenvalue weighted by atomic mass is 16.7. The molecule has 0 rings (SSSR count). The van der Waals surface area contributed by atoms with Crippen molar-refractivity contribution < 1.29 is 42.9 Å². The lowest BCUT2D eigenvalue weighted by Gasteiger charge is -2.25. The van der Waals surface area contributed by atoms with Crippen molar-refractivity contribution in [2.45, 2.75) is 373 Å². The van der Waals surface area contributed by atoms with Crippen LogP contribution in [0.15, 0.2) is 48.6 Å². The Labute approximate surface area is 527 Å². The van der Waals surface area contributed by atoms with Gasteiger partial charge >= 0.3 is 17.9 Å². The molecule has 0 saturated carbocycles. The van der Waals surface area contributed by atoms with Crippen LogP contribution in [-0.2, 0) is 33.3 Å². The number of unbranched alkanes of at least 4 members (excludes halogenated alkanes) is 46. The third kappa shape index (κ3) is 68.6. The molecule has 2 unspecified atom stereocenters. The minimum atomic E-state index is -1.51. The second-order valence-electron chi connectivity index (χ2n) is 26.3. The van der Waals surface area contributed by atoms with E-state index < -0.39 is 24.3 Å². The van der Waals surface area contributed by atoms with Crippen LogP contribution in [0, 0.1) is 0 Å². The Kier molecular flexibility index (Phi) is 65.0. The summed E-state index contributed by atoms with van der Waals surface area (Å²) in [7, 11) is 5.98. The number of ether oxygens (including phenoxy) is 4. The molecule has 0 aliphatic heterocycles. The van der Waals surface area contributed by atoms with E-state index in [1.807, 2.05) is 21.1 Å². The van der Waals surface area contributed by atoms with Crippen LogP contribution in [0.1, 0.15) is 361 Å². The number of carboxylic acids is 1. The maximum Gasteiger partial charge on any atom is 0.361 e. The van der Waals surface area contributed by atoms with Crippen molar-refractivity contribution in [3.8, 4) is 0 Å². The van der Waals surface area contributed by atoms with E-state index in [0.717, 1.165) is 57.8 Å². The number of carbonyl (C=O) groups excluding carboxylic acids is 2. The second kappa shape index (κ2) is 67.2. The Morgan fingerprint density at radius 1 is 0.353 bits per heavy atom. The molecule has 0 fully saturated rings. The van der Waals surface area contributed by atoms with Gasteiger partial charge < -0.3 is 28.5 Å². The molecule has 1 N–H and O–H groups in total. The van der Waals surface area contributed by atoms with Crippen molar-refractivity contribution in [3.05, 3.63) is 48.6 Å². The Bertz CT molecular complexity index is 1530. The zero-order valence-corrected chi connectivity index (χ0v) is 57.0. The molecule has 9 heteroatoms. The summed E-state index contributed by atoms with van der Waals surface area (Å²) >= 11 is 0. The third-order valence-corrected chi connectivity index (χ3v) is 16.6. The zero-order valence-electron chi connectivity index (χ0n) is 57.0. The van der Waals surface area contributed by atoms with Crippen LogP contribution in [0.25, 0.3) is 0 Å². The monoisotopic (exact) mass is 1200 g/mol. The Hall–Kier alpha value is -2.75. The van der Waals surface area contributed by atoms with Gasteiger partial charge in [0, 0.05) is 12.8 Å². The molecule has 0 aromatic carbocycles. The number of quaternary nitrogens is 1. The Morgan fingerprint density at radius 3 is 0.976 bits per heavy atom. The standard InChI is InChI=1S/C76H141NO8/c1-6-8-10-12-14-16-18-20-22-24-26-27-28-29-30-31-32-33-34-35-36-37-38-39-40-41-42-43-44-45-46-47-49-50-52-54-56-58-60-62-64-66-73(78)83-70-72(71-84-76(75(80)81)82-69-68-77(3,4)5)85-74(79)67-65-63-61-59-57-55-53-51-48-25-23-21-19-17-15-13-11-9-7-2/h15,17,21,23-24,26,48,51,72,76H,6-14,16,18-20,22,25,27-47,49-50,52-71H2,1-5H3/p+1/b17-15-,23-21-,26-24-,51-48-. The van der Waals surface area contributed by atoms with Crippen LogP contribution in [0.4, 0.5) is 0 Å². The largest absolute Gasteiger partial charge is 0.477 e. The van der Waals surface area contributed by atoms with Gasteiger partial charge in [-0.25, -0.2) is 4.79 Å². The lowest BCUT2D eigenvalue weighted by atomic mass is 10.0. The first kappa shape index (κ1) is 82.2. The van der Waals surface area contributed by atoms with E-state index in [0.29, 0.717) is 23.9 Å². The molecule has 0 aromatic rings. The number of carbonyl (C=O) groups is 3. The highest BCUT2D eigenvalue weighted by Crippen LogP contribution is 2.19. The van der Waals surface area contributed by atoms with Crippen LogP contribution in [-0.4, -0.2) is 87.4 Å². The van der Waals surface area contributed by atoms with Crippen molar-refractivity contribution >= 4 is 17.9 Å². The SMILES string of the molecule is CCCCC/C=C\C/C=C\C/C=C\CCCCCCCCC(=O)OC(COC(=O)CCCCCCCCCCCCCCCCCCCCCCCCCCCCCCC/C=C\CCCCCCCCCC)COC(OCC[N+](C)(C)C)C(=O)O. The summed E-state index contributed by atoms with van der Waals surface area (Å²) in [6.07, 6.45) is 84.1. The number of likely N-dealkylation sites (N-methyl/N-ethyl adjacent to an activating group) is 1. The minimum absolute atomic E-state index is 0.184. The van der Waals surface area contributed by atoms with Gasteiger partial charge in [-0.3, -0.25) is 9.59 Å². The molecule has 0 heterocycles. The van der Waals surface area contributed by atoms with Crippen LogP contribution < -0.4 is 0 Å².